The van der Waals surface area contributed by atoms with E-state index in [1.165, 1.54) is 0 Å². The van der Waals surface area contributed by atoms with Gasteiger partial charge in [0.15, 0.2) is 0 Å². The van der Waals surface area contributed by atoms with E-state index in [0.717, 1.165) is 19.4 Å². The molecule has 1 spiro atoms. The second-order valence-electron chi connectivity index (χ2n) is 5.22. The lowest BCUT2D eigenvalue weighted by Crippen LogP contribution is -2.44. The minimum absolute atomic E-state index is 0.000340. The van der Waals surface area contributed by atoms with Gasteiger partial charge >= 0.3 is 0 Å². The Kier molecular flexibility index (Phi) is 2.57. The van der Waals surface area contributed by atoms with Gasteiger partial charge in [0.05, 0.1) is 0 Å². The average Bonchev–Trinajstić information content (AvgIpc) is 3.00. The molecule has 0 bridgehead atoms. The predicted molar refractivity (Wildman–Crippen MR) is 63.8 cm³/mol. The zero-order chi connectivity index (χ0) is 12.6. The molecule has 2 aliphatic rings. The molecule has 6 heteroatoms. The van der Waals surface area contributed by atoms with Gasteiger partial charge in [-0.3, -0.25) is 14.7 Å². The van der Waals surface area contributed by atoms with Gasteiger partial charge in [-0.25, -0.2) is 0 Å². The first-order chi connectivity index (χ1) is 8.69. The van der Waals surface area contributed by atoms with Crippen LogP contribution in [0.2, 0.25) is 0 Å². The van der Waals surface area contributed by atoms with Crippen molar-refractivity contribution in [1.29, 1.82) is 0 Å². The van der Waals surface area contributed by atoms with Crippen molar-refractivity contribution in [2.75, 3.05) is 19.6 Å². The van der Waals surface area contributed by atoms with Crippen LogP contribution in [0.15, 0.2) is 12.3 Å². The van der Waals surface area contributed by atoms with E-state index < -0.39 is 0 Å². The number of nitrogens with zero attached hydrogens (tertiary/aromatic N) is 2. The number of carbonyl (C=O) groups excluding carboxylic acids is 2. The van der Waals surface area contributed by atoms with Crippen LogP contribution in [0.3, 0.4) is 0 Å². The third kappa shape index (κ3) is 1.87. The number of hydrogen-bond acceptors (Lipinski definition) is 3. The molecule has 96 valence electrons. The van der Waals surface area contributed by atoms with E-state index in [-0.39, 0.29) is 17.2 Å². The van der Waals surface area contributed by atoms with Crippen molar-refractivity contribution in [3.05, 3.63) is 18.0 Å². The maximum Gasteiger partial charge on any atom is 0.271 e. The first-order valence-corrected chi connectivity index (χ1v) is 6.24. The minimum atomic E-state index is -0.000340. The van der Waals surface area contributed by atoms with E-state index in [0.29, 0.717) is 25.2 Å². The lowest BCUT2D eigenvalue weighted by atomic mass is 9.77. The highest BCUT2D eigenvalue weighted by Gasteiger charge is 2.41. The molecule has 0 radical (unpaired) electrons. The highest BCUT2D eigenvalue weighted by molar-refractivity contribution is 5.92. The van der Waals surface area contributed by atoms with Crippen LogP contribution in [0, 0.1) is 5.41 Å². The third-order valence-corrected chi connectivity index (χ3v) is 4.04. The molecule has 3 rings (SSSR count). The highest BCUT2D eigenvalue weighted by atomic mass is 16.2. The van der Waals surface area contributed by atoms with Crippen molar-refractivity contribution in [2.24, 2.45) is 5.41 Å². The zero-order valence-electron chi connectivity index (χ0n) is 10.1. The molecule has 0 saturated carbocycles. The molecule has 2 saturated heterocycles. The summed E-state index contributed by atoms with van der Waals surface area (Å²) in [5, 5.41) is 9.38. The molecule has 0 atom stereocenters. The molecule has 1 aromatic rings. The number of rotatable bonds is 1. The molecule has 2 aliphatic heterocycles. The van der Waals surface area contributed by atoms with E-state index in [1.807, 2.05) is 4.90 Å². The van der Waals surface area contributed by atoms with Gasteiger partial charge < -0.3 is 10.2 Å². The SMILES string of the molecule is O=C1CC2(CCN(C(=O)c3ccn[nH]3)CC2)CN1. The number of piperidine rings is 1. The van der Waals surface area contributed by atoms with Crippen molar-refractivity contribution in [3.8, 4) is 0 Å². The summed E-state index contributed by atoms with van der Waals surface area (Å²) in [7, 11) is 0. The molecule has 3 heterocycles. The molecule has 2 amide bonds. The van der Waals surface area contributed by atoms with Gasteiger partial charge in [0, 0.05) is 32.3 Å². The molecular weight excluding hydrogens is 232 g/mol. The number of aromatic amines is 1. The summed E-state index contributed by atoms with van der Waals surface area (Å²) in [4.78, 5) is 25.2. The molecular formula is C12H16N4O2. The second kappa shape index (κ2) is 4.12. The topological polar surface area (TPSA) is 78.1 Å². The van der Waals surface area contributed by atoms with Gasteiger partial charge in [0.2, 0.25) is 5.91 Å². The van der Waals surface area contributed by atoms with Crippen LogP contribution in [0.25, 0.3) is 0 Å². The second-order valence-corrected chi connectivity index (χ2v) is 5.22. The van der Waals surface area contributed by atoms with Crippen molar-refractivity contribution >= 4 is 11.8 Å². The van der Waals surface area contributed by atoms with Crippen LogP contribution in [0.1, 0.15) is 29.8 Å². The van der Waals surface area contributed by atoms with Crippen molar-refractivity contribution < 1.29 is 9.59 Å². The predicted octanol–water partition coefficient (Wildman–Crippen LogP) is 0.152. The Morgan fingerprint density at radius 3 is 2.72 bits per heavy atom. The Morgan fingerprint density at radius 1 is 1.39 bits per heavy atom. The largest absolute Gasteiger partial charge is 0.356 e. The molecule has 6 nitrogen and oxygen atoms in total. The Hall–Kier alpha value is -1.85. The first kappa shape index (κ1) is 11.3. The number of aromatic nitrogens is 2. The van der Waals surface area contributed by atoms with Gasteiger partial charge in [-0.1, -0.05) is 0 Å². The molecule has 18 heavy (non-hydrogen) atoms. The van der Waals surface area contributed by atoms with Crippen LogP contribution in [-0.2, 0) is 4.79 Å². The van der Waals surface area contributed by atoms with Crippen molar-refractivity contribution in [1.82, 2.24) is 20.4 Å². The van der Waals surface area contributed by atoms with E-state index in [1.54, 1.807) is 12.3 Å². The summed E-state index contributed by atoms with van der Waals surface area (Å²) in [5.74, 6) is 0.142. The number of nitrogens with one attached hydrogen (secondary N) is 2. The lowest BCUT2D eigenvalue weighted by Gasteiger charge is -2.37. The van der Waals surface area contributed by atoms with Crippen LogP contribution < -0.4 is 5.32 Å². The molecule has 0 unspecified atom stereocenters. The average molecular weight is 248 g/mol. The summed E-state index contributed by atoms with van der Waals surface area (Å²) in [6.07, 6.45) is 3.98. The molecule has 1 aromatic heterocycles. The number of hydrogen-bond donors (Lipinski definition) is 2. The smallest absolute Gasteiger partial charge is 0.271 e. The summed E-state index contributed by atoms with van der Waals surface area (Å²) in [6.45, 7) is 2.19. The van der Waals surface area contributed by atoms with Gasteiger partial charge in [-0.2, -0.15) is 5.10 Å². The van der Waals surface area contributed by atoms with Crippen LogP contribution >= 0.6 is 0 Å². The van der Waals surface area contributed by atoms with Crippen LogP contribution in [0.4, 0.5) is 0 Å². The summed E-state index contributed by atoms with van der Waals surface area (Å²) in [6, 6.07) is 1.69. The maximum atomic E-state index is 12.1. The van der Waals surface area contributed by atoms with Gasteiger partial charge in [-0.15, -0.1) is 0 Å². The normalized spacial score (nSPS) is 22.2. The van der Waals surface area contributed by atoms with E-state index in [2.05, 4.69) is 15.5 Å². The molecule has 0 aliphatic carbocycles. The molecule has 2 N–H and O–H groups in total. The van der Waals surface area contributed by atoms with Gasteiger partial charge in [0.1, 0.15) is 5.69 Å². The zero-order valence-corrected chi connectivity index (χ0v) is 10.1. The first-order valence-electron chi connectivity index (χ1n) is 6.24. The van der Waals surface area contributed by atoms with Crippen LogP contribution in [-0.4, -0.2) is 46.5 Å². The summed E-state index contributed by atoms with van der Waals surface area (Å²) >= 11 is 0. The molecule has 2 fully saturated rings. The third-order valence-electron chi connectivity index (χ3n) is 4.04. The standard InChI is InChI=1S/C12H16N4O2/c17-10-7-12(8-13-10)2-5-16(6-3-12)11(18)9-1-4-14-15-9/h1,4H,2-3,5-8H2,(H,13,17)(H,14,15). The van der Waals surface area contributed by atoms with Crippen LogP contribution in [0.5, 0.6) is 0 Å². The lowest BCUT2D eigenvalue weighted by molar-refractivity contribution is -0.119. The van der Waals surface area contributed by atoms with Gasteiger partial charge in [-0.05, 0) is 24.3 Å². The van der Waals surface area contributed by atoms with E-state index in [9.17, 15) is 9.59 Å². The number of carbonyl (C=O) groups is 2. The highest BCUT2D eigenvalue weighted by Crippen LogP contribution is 2.37. The molecule has 0 aromatic carbocycles. The van der Waals surface area contributed by atoms with E-state index in [4.69, 9.17) is 0 Å². The number of amides is 2. The maximum absolute atomic E-state index is 12.1. The Balaban J connectivity index is 1.64. The Labute approximate surface area is 105 Å². The summed E-state index contributed by atoms with van der Waals surface area (Å²) in [5.41, 5.74) is 0.619. The summed E-state index contributed by atoms with van der Waals surface area (Å²) < 4.78 is 0. The number of H-pyrrole nitrogens is 1. The quantitative estimate of drug-likeness (QED) is 0.742. The van der Waals surface area contributed by atoms with E-state index >= 15 is 0 Å². The minimum Gasteiger partial charge on any atom is -0.356 e. The fourth-order valence-electron chi connectivity index (χ4n) is 2.83. The van der Waals surface area contributed by atoms with Crippen molar-refractivity contribution in [2.45, 2.75) is 19.3 Å². The monoisotopic (exact) mass is 248 g/mol. The Bertz CT molecular complexity index is 460. The Morgan fingerprint density at radius 2 is 2.17 bits per heavy atom. The number of likely N-dealkylation sites (tertiary alicyclic amines) is 1. The fourth-order valence-corrected chi connectivity index (χ4v) is 2.83. The van der Waals surface area contributed by atoms with Gasteiger partial charge in [0.25, 0.3) is 5.91 Å². The van der Waals surface area contributed by atoms with Crippen molar-refractivity contribution in [3.63, 3.8) is 0 Å². The fraction of sp³-hybridized carbons (Fsp3) is 0.583.